The van der Waals surface area contributed by atoms with Gasteiger partial charge in [-0.05, 0) is 23.6 Å². The van der Waals surface area contributed by atoms with Gasteiger partial charge in [0.1, 0.15) is 0 Å². The number of thioether (sulfide) groups is 1. The first-order chi connectivity index (χ1) is 8.72. The fraction of sp³-hybridized carbons (Fsp3) is 0.357. The Hall–Kier alpha value is -1.26. The molecule has 0 spiro atoms. The second kappa shape index (κ2) is 6.07. The van der Waals surface area contributed by atoms with Crippen LogP contribution in [0.5, 0.6) is 0 Å². The van der Waals surface area contributed by atoms with Crippen LogP contribution in [0.25, 0.3) is 5.69 Å². The molecule has 2 N–H and O–H groups in total. The topological polar surface area (TPSA) is 43.8 Å². The van der Waals surface area contributed by atoms with Crippen LogP contribution in [0.2, 0.25) is 0 Å². The third-order valence-electron chi connectivity index (χ3n) is 2.79. The number of nitrogens with two attached hydrogens (primary N) is 1. The number of aromatic nitrogens is 2. The van der Waals surface area contributed by atoms with E-state index in [0.29, 0.717) is 12.5 Å². The average molecular weight is 261 g/mol. The predicted molar refractivity (Wildman–Crippen MR) is 77.4 cm³/mol. The maximum atomic E-state index is 5.53. The number of benzene rings is 1. The summed E-state index contributed by atoms with van der Waals surface area (Å²) in [5.74, 6) is 1.45. The fourth-order valence-corrected chi connectivity index (χ4v) is 2.50. The van der Waals surface area contributed by atoms with E-state index in [9.17, 15) is 0 Å². The minimum atomic E-state index is 0.563. The monoisotopic (exact) mass is 261 g/mol. The highest BCUT2D eigenvalue weighted by Crippen LogP contribution is 2.22. The van der Waals surface area contributed by atoms with E-state index in [1.165, 1.54) is 5.56 Å². The molecule has 3 nitrogen and oxygen atoms in total. The quantitative estimate of drug-likeness (QED) is 0.841. The van der Waals surface area contributed by atoms with Gasteiger partial charge in [-0.1, -0.05) is 37.7 Å². The molecule has 1 aromatic carbocycles. The van der Waals surface area contributed by atoms with Crippen LogP contribution in [0.3, 0.4) is 0 Å². The summed E-state index contributed by atoms with van der Waals surface area (Å²) in [7, 11) is 0. The Bertz CT molecular complexity index is 488. The Kier molecular flexibility index (Phi) is 4.44. The van der Waals surface area contributed by atoms with E-state index in [1.807, 2.05) is 12.4 Å². The van der Waals surface area contributed by atoms with Gasteiger partial charge in [-0.25, -0.2) is 4.98 Å². The number of hydrogen-bond donors (Lipinski definition) is 1. The molecule has 2 rings (SSSR count). The van der Waals surface area contributed by atoms with Crippen LogP contribution in [0.15, 0.2) is 41.8 Å². The third kappa shape index (κ3) is 2.94. The Balaban J connectivity index is 2.23. The van der Waals surface area contributed by atoms with E-state index in [-0.39, 0.29) is 0 Å². The smallest absolute Gasteiger partial charge is 0.172 e. The maximum absolute atomic E-state index is 5.53. The summed E-state index contributed by atoms with van der Waals surface area (Å²) in [6, 6.07) is 8.64. The van der Waals surface area contributed by atoms with Crippen LogP contribution in [0.1, 0.15) is 25.3 Å². The molecular formula is C14H19N3S. The lowest BCUT2D eigenvalue weighted by atomic mass is 10.0. The van der Waals surface area contributed by atoms with E-state index < -0.39 is 0 Å². The van der Waals surface area contributed by atoms with E-state index in [2.05, 4.69) is 47.7 Å². The molecule has 0 saturated carbocycles. The molecule has 0 bridgehead atoms. The van der Waals surface area contributed by atoms with Gasteiger partial charge in [-0.2, -0.15) is 0 Å². The molecule has 1 heterocycles. The van der Waals surface area contributed by atoms with Gasteiger partial charge < -0.3 is 5.73 Å². The zero-order valence-corrected chi connectivity index (χ0v) is 11.7. The Morgan fingerprint density at radius 1 is 1.28 bits per heavy atom. The van der Waals surface area contributed by atoms with Crippen LogP contribution in [-0.4, -0.2) is 21.8 Å². The highest BCUT2D eigenvalue weighted by molar-refractivity contribution is 7.99. The molecule has 0 fully saturated rings. The molecule has 0 radical (unpaired) electrons. The normalized spacial score (nSPS) is 11.1. The maximum Gasteiger partial charge on any atom is 0.172 e. The molecule has 2 aromatic rings. The molecule has 0 unspecified atom stereocenters. The van der Waals surface area contributed by atoms with Crippen LogP contribution < -0.4 is 5.73 Å². The first kappa shape index (κ1) is 13.2. The molecule has 96 valence electrons. The molecule has 0 atom stereocenters. The van der Waals surface area contributed by atoms with Gasteiger partial charge in [0.15, 0.2) is 5.16 Å². The summed E-state index contributed by atoms with van der Waals surface area (Å²) in [5, 5.41) is 0.998. The summed E-state index contributed by atoms with van der Waals surface area (Å²) in [6.45, 7) is 5.08. The summed E-state index contributed by atoms with van der Waals surface area (Å²) in [5.41, 5.74) is 8.04. The third-order valence-corrected chi connectivity index (χ3v) is 3.79. The first-order valence-corrected chi connectivity index (χ1v) is 7.17. The summed E-state index contributed by atoms with van der Waals surface area (Å²) >= 11 is 1.69. The van der Waals surface area contributed by atoms with Gasteiger partial charge in [-0.3, -0.25) is 4.57 Å². The number of imidazole rings is 1. The van der Waals surface area contributed by atoms with Crippen LogP contribution in [0.4, 0.5) is 0 Å². The fourth-order valence-electron chi connectivity index (χ4n) is 1.76. The van der Waals surface area contributed by atoms with Gasteiger partial charge in [0, 0.05) is 30.4 Å². The molecule has 0 aliphatic heterocycles. The minimum absolute atomic E-state index is 0.563. The van der Waals surface area contributed by atoms with Crippen molar-refractivity contribution in [3.63, 3.8) is 0 Å². The van der Waals surface area contributed by atoms with Crippen molar-refractivity contribution in [3.8, 4) is 5.69 Å². The number of rotatable bonds is 5. The highest BCUT2D eigenvalue weighted by Gasteiger charge is 2.06. The lowest BCUT2D eigenvalue weighted by molar-refractivity contribution is 0.858. The van der Waals surface area contributed by atoms with Crippen molar-refractivity contribution in [1.82, 2.24) is 9.55 Å². The van der Waals surface area contributed by atoms with Crippen molar-refractivity contribution in [1.29, 1.82) is 0 Å². The van der Waals surface area contributed by atoms with Gasteiger partial charge in [0.2, 0.25) is 0 Å². The summed E-state index contributed by atoms with van der Waals surface area (Å²) < 4.78 is 2.10. The SMILES string of the molecule is CC(C)c1ccc(-n2ccnc2SCCN)cc1. The van der Waals surface area contributed by atoms with Gasteiger partial charge in [0.25, 0.3) is 0 Å². The second-order valence-electron chi connectivity index (χ2n) is 4.46. The van der Waals surface area contributed by atoms with E-state index in [4.69, 9.17) is 5.73 Å². The largest absolute Gasteiger partial charge is 0.330 e. The molecule has 0 aliphatic carbocycles. The predicted octanol–water partition coefficient (Wildman–Crippen LogP) is 3.05. The minimum Gasteiger partial charge on any atom is -0.330 e. The van der Waals surface area contributed by atoms with Crippen LogP contribution in [0, 0.1) is 0 Å². The number of hydrogen-bond acceptors (Lipinski definition) is 3. The number of nitrogens with zero attached hydrogens (tertiary/aromatic N) is 2. The molecule has 0 saturated heterocycles. The van der Waals surface area contributed by atoms with Crippen LogP contribution >= 0.6 is 11.8 Å². The van der Waals surface area contributed by atoms with Crippen molar-refractivity contribution in [3.05, 3.63) is 42.2 Å². The highest BCUT2D eigenvalue weighted by atomic mass is 32.2. The Morgan fingerprint density at radius 3 is 2.61 bits per heavy atom. The van der Waals surface area contributed by atoms with E-state index >= 15 is 0 Å². The Morgan fingerprint density at radius 2 is 2.00 bits per heavy atom. The molecule has 18 heavy (non-hydrogen) atoms. The van der Waals surface area contributed by atoms with Gasteiger partial charge in [-0.15, -0.1) is 0 Å². The van der Waals surface area contributed by atoms with Crippen molar-refractivity contribution in [2.24, 2.45) is 5.73 Å². The van der Waals surface area contributed by atoms with E-state index in [0.717, 1.165) is 16.6 Å². The summed E-state index contributed by atoms with van der Waals surface area (Å²) in [4.78, 5) is 4.36. The van der Waals surface area contributed by atoms with Crippen molar-refractivity contribution < 1.29 is 0 Å². The zero-order chi connectivity index (χ0) is 13.0. The second-order valence-corrected chi connectivity index (χ2v) is 5.53. The summed E-state index contributed by atoms with van der Waals surface area (Å²) in [6.07, 6.45) is 3.82. The standard InChI is InChI=1S/C14H19N3S/c1-11(2)12-3-5-13(6-4-12)17-9-8-16-14(17)18-10-7-15/h3-6,8-9,11H,7,10,15H2,1-2H3. The average Bonchev–Trinajstić information content (AvgIpc) is 2.84. The first-order valence-electron chi connectivity index (χ1n) is 6.19. The molecular weight excluding hydrogens is 242 g/mol. The lowest BCUT2D eigenvalue weighted by Crippen LogP contribution is -2.03. The van der Waals surface area contributed by atoms with E-state index in [1.54, 1.807) is 11.8 Å². The van der Waals surface area contributed by atoms with Gasteiger partial charge >= 0.3 is 0 Å². The molecule has 0 aliphatic rings. The Labute approximate surface area is 112 Å². The lowest BCUT2D eigenvalue weighted by Gasteiger charge is -2.09. The van der Waals surface area contributed by atoms with Crippen LogP contribution in [-0.2, 0) is 0 Å². The molecule has 0 amide bonds. The molecule has 4 heteroatoms. The van der Waals surface area contributed by atoms with Gasteiger partial charge in [0.05, 0.1) is 0 Å². The van der Waals surface area contributed by atoms with Crippen molar-refractivity contribution in [2.45, 2.75) is 24.9 Å². The van der Waals surface area contributed by atoms with Crippen molar-refractivity contribution in [2.75, 3.05) is 12.3 Å². The zero-order valence-electron chi connectivity index (χ0n) is 10.8. The van der Waals surface area contributed by atoms with Crippen molar-refractivity contribution >= 4 is 11.8 Å². The molecule has 1 aromatic heterocycles.